The number of hydrogen-bond donors (Lipinski definition) is 2. The van der Waals surface area contributed by atoms with Crippen molar-refractivity contribution >= 4 is 12.1 Å². The third-order valence-electron chi connectivity index (χ3n) is 5.51. The highest BCUT2D eigenvalue weighted by atomic mass is 16.6. The van der Waals surface area contributed by atoms with E-state index in [0.29, 0.717) is 26.2 Å². The summed E-state index contributed by atoms with van der Waals surface area (Å²) in [5.41, 5.74) is 2.22. The van der Waals surface area contributed by atoms with E-state index in [4.69, 9.17) is 14.1 Å². The van der Waals surface area contributed by atoms with Crippen molar-refractivity contribution < 1.29 is 13.9 Å². The van der Waals surface area contributed by atoms with E-state index in [0.717, 1.165) is 56.2 Å². The number of ether oxygens (including phenoxy) is 1. The summed E-state index contributed by atoms with van der Waals surface area (Å²) in [4.78, 5) is 18.5. The van der Waals surface area contributed by atoms with E-state index in [1.807, 2.05) is 30.7 Å². The van der Waals surface area contributed by atoms with E-state index >= 15 is 0 Å². The number of piperidine rings is 1. The number of carbonyl (C=O) groups is 1. The Morgan fingerprint density at radius 1 is 1.34 bits per heavy atom. The van der Waals surface area contributed by atoms with Crippen molar-refractivity contribution in [2.24, 2.45) is 4.99 Å². The maximum absolute atomic E-state index is 11.9. The normalized spacial score (nSPS) is 15.1. The molecule has 2 aromatic heterocycles. The Morgan fingerprint density at radius 3 is 2.81 bits per heavy atom. The molecule has 1 amide bonds. The molecular formula is C23H36N6O3. The summed E-state index contributed by atoms with van der Waals surface area (Å²) in [5.74, 6) is 1.75. The minimum absolute atomic E-state index is 0.222. The molecule has 0 radical (unpaired) electrons. The minimum atomic E-state index is -0.222. The number of furan rings is 1. The van der Waals surface area contributed by atoms with Crippen molar-refractivity contribution in [3.63, 3.8) is 0 Å². The van der Waals surface area contributed by atoms with Gasteiger partial charge in [0.2, 0.25) is 0 Å². The standard InChI is InChI=1S/C23H36N6O3/c1-4-31-23(30)28-14-9-20(10-15-28)26-22(25-12-8-21-7-5-16-32-21)24-11-6-13-29-19(3)17-18(2)27-29/h5,7,16-17,20H,4,6,8-15H2,1-3H3,(H2,24,25,26). The predicted molar refractivity (Wildman–Crippen MR) is 124 cm³/mol. The number of hydrogen-bond acceptors (Lipinski definition) is 5. The topological polar surface area (TPSA) is 96.9 Å². The Labute approximate surface area is 190 Å². The number of aryl methyl sites for hydroxylation is 3. The zero-order chi connectivity index (χ0) is 22.8. The van der Waals surface area contributed by atoms with Crippen LogP contribution in [0.25, 0.3) is 0 Å². The third-order valence-corrected chi connectivity index (χ3v) is 5.51. The highest BCUT2D eigenvalue weighted by Crippen LogP contribution is 2.11. The first-order valence-electron chi connectivity index (χ1n) is 11.5. The van der Waals surface area contributed by atoms with Gasteiger partial charge in [0.05, 0.1) is 18.6 Å². The maximum atomic E-state index is 11.9. The summed E-state index contributed by atoms with van der Waals surface area (Å²) in [5, 5.41) is 11.5. The van der Waals surface area contributed by atoms with Crippen LogP contribution in [0.15, 0.2) is 33.9 Å². The fourth-order valence-corrected chi connectivity index (χ4v) is 3.84. The van der Waals surface area contributed by atoms with Crippen LogP contribution in [0.2, 0.25) is 0 Å². The Bertz CT molecular complexity index is 853. The molecule has 3 heterocycles. The predicted octanol–water partition coefficient (Wildman–Crippen LogP) is 2.88. The minimum Gasteiger partial charge on any atom is -0.469 e. The van der Waals surface area contributed by atoms with Gasteiger partial charge in [-0.3, -0.25) is 9.67 Å². The second-order valence-corrected chi connectivity index (χ2v) is 8.09. The summed E-state index contributed by atoms with van der Waals surface area (Å²) in [6, 6.07) is 6.24. The van der Waals surface area contributed by atoms with Crippen LogP contribution in [0.3, 0.4) is 0 Å². The molecule has 0 spiro atoms. The lowest BCUT2D eigenvalue weighted by Crippen LogP contribution is -2.50. The molecule has 0 bridgehead atoms. The fraction of sp³-hybridized carbons (Fsp3) is 0.609. The molecule has 1 aliphatic rings. The number of carbonyl (C=O) groups excluding carboxylic acids is 1. The summed E-state index contributed by atoms with van der Waals surface area (Å²) < 4.78 is 12.6. The second kappa shape index (κ2) is 12.2. The van der Waals surface area contributed by atoms with Gasteiger partial charge in [-0.1, -0.05) is 0 Å². The monoisotopic (exact) mass is 444 g/mol. The summed E-state index contributed by atoms with van der Waals surface area (Å²) in [7, 11) is 0. The van der Waals surface area contributed by atoms with E-state index in [1.165, 1.54) is 5.69 Å². The molecule has 2 N–H and O–H groups in total. The lowest BCUT2D eigenvalue weighted by atomic mass is 10.1. The van der Waals surface area contributed by atoms with Gasteiger partial charge in [-0.2, -0.15) is 5.10 Å². The molecule has 1 fully saturated rings. The highest BCUT2D eigenvalue weighted by Gasteiger charge is 2.24. The lowest BCUT2D eigenvalue weighted by molar-refractivity contribution is 0.0963. The number of rotatable bonds is 9. The Morgan fingerprint density at radius 2 is 2.16 bits per heavy atom. The van der Waals surface area contributed by atoms with Crippen molar-refractivity contribution in [1.82, 2.24) is 25.3 Å². The average molecular weight is 445 g/mol. The van der Waals surface area contributed by atoms with Gasteiger partial charge in [0, 0.05) is 50.9 Å². The fourth-order valence-electron chi connectivity index (χ4n) is 3.84. The van der Waals surface area contributed by atoms with Crippen molar-refractivity contribution in [2.75, 3.05) is 32.8 Å². The SMILES string of the molecule is CCOC(=O)N1CCC(NC(=NCCCn2nc(C)cc2C)NCCc2ccco2)CC1. The van der Waals surface area contributed by atoms with Gasteiger partial charge in [-0.15, -0.1) is 0 Å². The van der Waals surface area contributed by atoms with Gasteiger partial charge in [-0.25, -0.2) is 4.79 Å². The molecule has 176 valence electrons. The molecule has 0 aliphatic carbocycles. The average Bonchev–Trinajstić information content (AvgIpc) is 3.40. The molecule has 0 unspecified atom stereocenters. The van der Waals surface area contributed by atoms with Crippen LogP contribution in [0.4, 0.5) is 4.79 Å². The number of nitrogens with one attached hydrogen (secondary N) is 2. The molecule has 9 nitrogen and oxygen atoms in total. The Kier molecular flexibility index (Phi) is 9.01. The quantitative estimate of drug-likeness (QED) is 0.351. The zero-order valence-electron chi connectivity index (χ0n) is 19.5. The largest absolute Gasteiger partial charge is 0.469 e. The number of guanidine groups is 1. The molecule has 0 saturated carbocycles. The van der Waals surface area contributed by atoms with E-state index in [9.17, 15) is 4.79 Å². The molecule has 32 heavy (non-hydrogen) atoms. The van der Waals surface area contributed by atoms with E-state index in [-0.39, 0.29) is 12.1 Å². The molecule has 1 saturated heterocycles. The van der Waals surface area contributed by atoms with Gasteiger partial charge in [0.25, 0.3) is 0 Å². The van der Waals surface area contributed by atoms with E-state index < -0.39 is 0 Å². The second-order valence-electron chi connectivity index (χ2n) is 8.09. The van der Waals surface area contributed by atoms with Crippen molar-refractivity contribution in [3.8, 4) is 0 Å². The number of nitrogens with zero attached hydrogens (tertiary/aromatic N) is 4. The van der Waals surface area contributed by atoms with Crippen molar-refractivity contribution in [1.29, 1.82) is 0 Å². The lowest BCUT2D eigenvalue weighted by Gasteiger charge is -2.32. The highest BCUT2D eigenvalue weighted by molar-refractivity contribution is 5.80. The van der Waals surface area contributed by atoms with Gasteiger partial charge in [-0.05, 0) is 58.2 Å². The Hall–Kier alpha value is -2.97. The summed E-state index contributed by atoms with van der Waals surface area (Å²) in [6.07, 6.45) is 4.90. The zero-order valence-corrected chi connectivity index (χ0v) is 19.5. The number of amides is 1. The van der Waals surface area contributed by atoms with Gasteiger partial charge in [0.15, 0.2) is 5.96 Å². The number of aliphatic imine (C=N–C) groups is 1. The first-order chi connectivity index (χ1) is 15.5. The smallest absolute Gasteiger partial charge is 0.409 e. The molecule has 0 aromatic carbocycles. The van der Waals surface area contributed by atoms with Gasteiger partial charge in [0.1, 0.15) is 5.76 Å². The van der Waals surface area contributed by atoms with Crippen molar-refractivity contribution in [2.45, 2.75) is 59.0 Å². The summed E-state index contributed by atoms with van der Waals surface area (Å²) in [6.45, 7) is 10.00. The van der Waals surface area contributed by atoms with Crippen molar-refractivity contribution in [3.05, 3.63) is 41.6 Å². The van der Waals surface area contributed by atoms with E-state index in [1.54, 1.807) is 11.2 Å². The Balaban J connectivity index is 1.49. The van der Waals surface area contributed by atoms with Crippen LogP contribution in [0, 0.1) is 13.8 Å². The molecule has 0 atom stereocenters. The number of likely N-dealkylation sites (tertiary alicyclic amines) is 1. The van der Waals surface area contributed by atoms with Gasteiger partial charge < -0.3 is 24.7 Å². The molecule has 9 heteroatoms. The third kappa shape index (κ3) is 7.32. The van der Waals surface area contributed by atoms with Crippen LogP contribution in [0.5, 0.6) is 0 Å². The van der Waals surface area contributed by atoms with Crippen LogP contribution in [0.1, 0.15) is 43.3 Å². The van der Waals surface area contributed by atoms with Crippen LogP contribution < -0.4 is 10.6 Å². The molecular weight excluding hydrogens is 408 g/mol. The number of aromatic nitrogens is 2. The molecule has 1 aliphatic heterocycles. The van der Waals surface area contributed by atoms with Crippen LogP contribution >= 0.6 is 0 Å². The molecule has 2 aromatic rings. The van der Waals surface area contributed by atoms with Crippen LogP contribution in [-0.4, -0.2) is 65.6 Å². The first kappa shape index (κ1) is 23.7. The molecule has 3 rings (SSSR count). The first-order valence-corrected chi connectivity index (χ1v) is 11.5. The summed E-state index contributed by atoms with van der Waals surface area (Å²) >= 11 is 0. The van der Waals surface area contributed by atoms with Gasteiger partial charge >= 0.3 is 6.09 Å². The maximum Gasteiger partial charge on any atom is 0.409 e. The van der Waals surface area contributed by atoms with Crippen LogP contribution in [-0.2, 0) is 17.7 Å². The van der Waals surface area contributed by atoms with E-state index in [2.05, 4.69) is 28.7 Å².